The molecule has 23 heavy (non-hydrogen) atoms. The topological polar surface area (TPSA) is 60.2 Å². The van der Waals surface area contributed by atoms with Gasteiger partial charge in [0.2, 0.25) is 5.89 Å². The maximum atomic E-state index is 13.6. The predicted molar refractivity (Wildman–Crippen MR) is 83.8 cm³/mol. The lowest BCUT2D eigenvalue weighted by molar-refractivity contribution is 0.410. The molecule has 0 aliphatic rings. The molecule has 0 saturated carbocycles. The van der Waals surface area contributed by atoms with Gasteiger partial charge in [0.1, 0.15) is 11.6 Å². The monoisotopic (exact) mass is 313 g/mol. The van der Waals surface area contributed by atoms with Crippen LogP contribution in [0.2, 0.25) is 0 Å². The highest BCUT2D eigenvalue weighted by Crippen LogP contribution is 2.19. The molecule has 0 radical (unpaired) electrons. The number of rotatable bonds is 6. The largest absolute Gasteiger partial charge is 0.496 e. The Kier molecular flexibility index (Phi) is 4.52. The fraction of sp³-hybridized carbons (Fsp3) is 0.176. The van der Waals surface area contributed by atoms with E-state index >= 15 is 0 Å². The highest BCUT2D eigenvalue weighted by atomic mass is 19.1. The van der Waals surface area contributed by atoms with Crippen LogP contribution in [0.4, 0.5) is 10.4 Å². The Morgan fingerprint density at radius 2 is 1.78 bits per heavy atom. The zero-order valence-corrected chi connectivity index (χ0v) is 12.6. The van der Waals surface area contributed by atoms with Crippen LogP contribution in [0.25, 0.3) is 0 Å². The number of halogens is 1. The Morgan fingerprint density at radius 3 is 2.57 bits per heavy atom. The van der Waals surface area contributed by atoms with Gasteiger partial charge < -0.3 is 14.5 Å². The van der Waals surface area contributed by atoms with Crippen molar-refractivity contribution in [1.82, 2.24) is 10.2 Å². The van der Waals surface area contributed by atoms with Crippen molar-refractivity contribution in [2.45, 2.75) is 13.0 Å². The van der Waals surface area contributed by atoms with E-state index in [9.17, 15) is 4.39 Å². The molecule has 0 aliphatic heterocycles. The van der Waals surface area contributed by atoms with Crippen LogP contribution in [0.5, 0.6) is 5.75 Å². The van der Waals surface area contributed by atoms with Gasteiger partial charge in [-0.15, -0.1) is 5.10 Å². The Labute approximate surface area is 133 Å². The maximum Gasteiger partial charge on any atom is 0.315 e. The van der Waals surface area contributed by atoms with Crippen molar-refractivity contribution in [2.75, 3.05) is 12.4 Å². The quantitative estimate of drug-likeness (QED) is 0.755. The lowest BCUT2D eigenvalue weighted by Crippen LogP contribution is -2.01. The van der Waals surface area contributed by atoms with Crippen molar-refractivity contribution < 1.29 is 13.5 Å². The molecule has 2 aromatic carbocycles. The molecule has 3 rings (SSSR count). The summed E-state index contributed by atoms with van der Waals surface area (Å²) in [7, 11) is 1.62. The lowest BCUT2D eigenvalue weighted by atomic mass is 10.1. The molecule has 0 saturated heterocycles. The number of anilines is 1. The van der Waals surface area contributed by atoms with Gasteiger partial charge in [-0.25, -0.2) is 4.39 Å². The SMILES string of the molecule is COc1ccccc1CNc1nnc(Cc2ccccc2F)o1. The Hall–Kier alpha value is -2.89. The number of hydrogen-bond donors (Lipinski definition) is 1. The van der Waals surface area contributed by atoms with E-state index in [1.807, 2.05) is 24.3 Å². The third-order valence-electron chi connectivity index (χ3n) is 3.39. The highest BCUT2D eigenvalue weighted by molar-refractivity contribution is 5.36. The van der Waals surface area contributed by atoms with Crippen molar-refractivity contribution in [3.63, 3.8) is 0 Å². The molecule has 0 atom stereocenters. The van der Waals surface area contributed by atoms with Gasteiger partial charge >= 0.3 is 6.01 Å². The molecule has 0 fully saturated rings. The fourth-order valence-electron chi connectivity index (χ4n) is 2.22. The average molecular weight is 313 g/mol. The number of para-hydroxylation sites is 1. The third-order valence-corrected chi connectivity index (χ3v) is 3.39. The Bertz CT molecular complexity index is 789. The van der Waals surface area contributed by atoms with Crippen LogP contribution in [0.15, 0.2) is 52.9 Å². The van der Waals surface area contributed by atoms with Gasteiger partial charge in [-0.3, -0.25) is 0 Å². The molecule has 6 heteroatoms. The summed E-state index contributed by atoms with van der Waals surface area (Å²) in [5.41, 5.74) is 1.50. The summed E-state index contributed by atoms with van der Waals surface area (Å²) in [5, 5.41) is 10.9. The van der Waals surface area contributed by atoms with Crippen molar-refractivity contribution >= 4 is 6.01 Å². The van der Waals surface area contributed by atoms with E-state index in [4.69, 9.17) is 9.15 Å². The van der Waals surface area contributed by atoms with E-state index in [1.165, 1.54) is 6.07 Å². The average Bonchev–Trinajstić information content (AvgIpc) is 3.03. The molecular formula is C17H16FN3O2. The number of hydrogen-bond acceptors (Lipinski definition) is 5. The van der Waals surface area contributed by atoms with Crippen LogP contribution in [-0.2, 0) is 13.0 Å². The number of methoxy groups -OCH3 is 1. The number of ether oxygens (including phenoxy) is 1. The maximum absolute atomic E-state index is 13.6. The van der Waals surface area contributed by atoms with Crippen molar-refractivity contribution in [2.24, 2.45) is 0 Å². The summed E-state index contributed by atoms with van der Waals surface area (Å²) in [5.74, 6) is 0.859. The number of nitrogens with zero attached hydrogens (tertiary/aromatic N) is 2. The van der Waals surface area contributed by atoms with Crippen molar-refractivity contribution in [3.8, 4) is 5.75 Å². The lowest BCUT2D eigenvalue weighted by Gasteiger charge is -2.07. The fourth-order valence-corrected chi connectivity index (χ4v) is 2.22. The molecule has 0 amide bonds. The summed E-state index contributed by atoms with van der Waals surface area (Å²) >= 11 is 0. The van der Waals surface area contributed by atoms with Crippen LogP contribution >= 0.6 is 0 Å². The highest BCUT2D eigenvalue weighted by Gasteiger charge is 2.10. The number of benzene rings is 2. The minimum absolute atomic E-state index is 0.260. The van der Waals surface area contributed by atoms with E-state index in [0.717, 1.165) is 11.3 Å². The Morgan fingerprint density at radius 1 is 1.04 bits per heavy atom. The van der Waals surface area contributed by atoms with Crippen LogP contribution in [-0.4, -0.2) is 17.3 Å². The Balaban J connectivity index is 1.65. The third kappa shape index (κ3) is 3.66. The van der Waals surface area contributed by atoms with Crippen LogP contribution in [0.1, 0.15) is 17.0 Å². The van der Waals surface area contributed by atoms with Gasteiger partial charge in [-0.1, -0.05) is 41.5 Å². The summed E-state index contributed by atoms with van der Waals surface area (Å²) in [4.78, 5) is 0. The molecule has 1 aromatic heterocycles. The number of aromatic nitrogens is 2. The summed E-state index contributed by atoms with van der Waals surface area (Å²) in [6, 6.07) is 14.5. The molecule has 0 bridgehead atoms. The van der Waals surface area contributed by atoms with Gasteiger partial charge in [-0.05, 0) is 17.7 Å². The number of nitrogens with one attached hydrogen (secondary N) is 1. The molecule has 1 heterocycles. The molecule has 1 N–H and O–H groups in total. The van der Waals surface area contributed by atoms with E-state index in [-0.39, 0.29) is 12.2 Å². The van der Waals surface area contributed by atoms with Crippen molar-refractivity contribution in [3.05, 3.63) is 71.4 Å². The smallest absolute Gasteiger partial charge is 0.315 e. The first kappa shape index (κ1) is 15.0. The van der Waals surface area contributed by atoms with Gasteiger partial charge in [0.15, 0.2) is 0 Å². The predicted octanol–water partition coefficient (Wildman–Crippen LogP) is 3.42. The summed E-state index contributed by atoms with van der Waals surface area (Å²) in [6.45, 7) is 0.491. The normalized spacial score (nSPS) is 10.5. The van der Waals surface area contributed by atoms with E-state index < -0.39 is 0 Å². The second kappa shape index (κ2) is 6.91. The van der Waals surface area contributed by atoms with Gasteiger partial charge in [-0.2, -0.15) is 0 Å². The summed E-state index contributed by atoms with van der Waals surface area (Å²) in [6.07, 6.45) is 0.260. The zero-order chi connectivity index (χ0) is 16.1. The molecule has 0 unspecified atom stereocenters. The zero-order valence-electron chi connectivity index (χ0n) is 12.6. The second-order valence-corrected chi connectivity index (χ2v) is 4.93. The van der Waals surface area contributed by atoms with E-state index in [0.29, 0.717) is 24.0 Å². The van der Waals surface area contributed by atoms with Gasteiger partial charge in [0.25, 0.3) is 0 Å². The van der Waals surface area contributed by atoms with E-state index in [2.05, 4.69) is 15.5 Å². The first-order chi connectivity index (χ1) is 11.3. The first-order valence-corrected chi connectivity index (χ1v) is 7.18. The molecule has 0 aliphatic carbocycles. The minimum Gasteiger partial charge on any atom is -0.496 e. The van der Waals surface area contributed by atoms with E-state index in [1.54, 1.807) is 25.3 Å². The summed E-state index contributed by atoms with van der Waals surface area (Å²) < 4.78 is 24.4. The van der Waals surface area contributed by atoms with Crippen LogP contribution in [0.3, 0.4) is 0 Å². The first-order valence-electron chi connectivity index (χ1n) is 7.18. The van der Waals surface area contributed by atoms with Gasteiger partial charge in [0, 0.05) is 12.1 Å². The van der Waals surface area contributed by atoms with Gasteiger partial charge in [0.05, 0.1) is 13.5 Å². The second-order valence-electron chi connectivity index (χ2n) is 4.93. The van der Waals surface area contributed by atoms with Crippen molar-refractivity contribution in [1.29, 1.82) is 0 Å². The molecule has 118 valence electrons. The molecule has 3 aromatic rings. The standard InChI is InChI=1S/C17H16FN3O2/c1-22-15-9-5-3-7-13(15)11-19-17-21-20-16(23-17)10-12-6-2-4-8-14(12)18/h2-9H,10-11H2,1H3,(H,19,21). The van der Waals surface area contributed by atoms with Crippen LogP contribution < -0.4 is 10.1 Å². The van der Waals surface area contributed by atoms with Crippen LogP contribution in [0, 0.1) is 5.82 Å². The minimum atomic E-state index is -0.283. The molecule has 5 nitrogen and oxygen atoms in total. The molecular weight excluding hydrogens is 297 g/mol. The molecule has 0 spiro atoms.